The summed E-state index contributed by atoms with van der Waals surface area (Å²) in [5.41, 5.74) is 0.306. The first-order valence-electron chi connectivity index (χ1n) is 4.69. The summed E-state index contributed by atoms with van der Waals surface area (Å²) in [5.74, 6) is 4.47. The first-order chi connectivity index (χ1) is 8.00. The first kappa shape index (κ1) is 13.1. The minimum atomic E-state index is -1.08. The van der Waals surface area contributed by atoms with Crippen LogP contribution in [0.1, 0.15) is 22.8 Å². The Morgan fingerprint density at radius 2 is 2.12 bits per heavy atom. The molecule has 0 unspecified atom stereocenters. The maximum absolute atomic E-state index is 10.7. The van der Waals surface area contributed by atoms with Crippen LogP contribution in [0.2, 0.25) is 0 Å². The van der Waals surface area contributed by atoms with Crippen molar-refractivity contribution >= 4 is 22.8 Å². The van der Waals surface area contributed by atoms with Crippen LogP contribution in [0.15, 0.2) is 18.2 Å². The molecule has 0 radical (unpaired) electrons. The van der Waals surface area contributed by atoms with Gasteiger partial charge in [-0.15, -0.1) is 0 Å². The molecule has 0 aromatic heterocycles. The molecule has 17 heavy (non-hydrogen) atoms. The second-order valence-corrected chi connectivity index (χ2v) is 4.27. The van der Waals surface area contributed by atoms with Crippen molar-refractivity contribution in [2.75, 3.05) is 5.75 Å². The molecule has 1 aromatic rings. The van der Waals surface area contributed by atoms with E-state index >= 15 is 0 Å². The first-order valence-corrected chi connectivity index (χ1v) is 5.68. The molecule has 2 N–H and O–H groups in total. The Hall–Kier alpha value is -1.93. The summed E-state index contributed by atoms with van der Waals surface area (Å²) in [6.07, 6.45) is 0. The van der Waals surface area contributed by atoms with Crippen molar-refractivity contribution in [1.29, 1.82) is 0 Å². The predicted molar refractivity (Wildman–Crippen MR) is 65.1 cm³/mol. The van der Waals surface area contributed by atoms with Crippen LogP contribution in [0.3, 0.4) is 0 Å². The van der Waals surface area contributed by atoms with E-state index in [-0.39, 0.29) is 22.0 Å². The monoisotopic (exact) mass is 250 g/mol. The van der Waals surface area contributed by atoms with Crippen molar-refractivity contribution in [2.45, 2.75) is 6.92 Å². The second-order valence-electron chi connectivity index (χ2n) is 3.12. The highest BCUT2D eigenvalue weighted by Gasteiger charge is 2.05. The van der Waals surface area contributed by atoms with E-state index in [4.69, 9.17) is 5.11 Å². The molecule has 0 bridgehead atoms. The second kappa shape index (κ2) is 5.97. The van der Waals surface area contributed by atoms with Gasteiger partial charge in [-0.1, -0.05) is 23.6 Å². The Morgan fingerprint density at radius 1 is 1.41 bits per heavy atom. The van der Waals surface area contributed by atoms with Crippen LogP contribution in [0.4, 0.5) is 0 Å². The van der Waals surface area contributed by atoms with E-state index in [1.165, 1.54) is 25.1 Å². The van der Waals surface area contributed by atoms with Gasteiger partial charge in [-0.3, -0.25) is 4.79 Å². The van der Waals surface area contributed by atoms with E-state index in [1.54, 1.807) is 0 Å². The van der Waals surface area contributed by atoms with Gasteiger partial charge in [0.1, 0.15) is 5.75 Å². The van der Waals surface area contributed by atoms with E-state index in [9.17, 15) is 14.7 Å². The number of hydrogen-bond acceptors (Lipinski definition) is 4. The van der Waals surface area contributed by atoms with Crippen molar-refractivity contribution in [3.8, 4) is 17.6 Å². The number of phenolic OH excluding ortho intramolecular Hbond substituents is 1. The third-order valence-corrected chi connectivity index (χ3v) is 2.51. The number of aromatic carboxylic acids is 1. The van der Waals surface area contributed by atoms with Crippen LogP contribution in [0.25, 0.3) is 0 Å². The molecule has 4 nitrogen and oxygen atoms in total. The molecule has 0 saturated heterocycles. The average molecular weight is 250 g/mol. The summed E-state index contributed by atoms with van der Waals surface area (Å²) in [5, 5.41) is 18.2. The summed E-state index contributed by atoms with van der Waals surface area (Å²) >= 11 is 1.06. The molecular formula is C12H10O4S. The number of carbonyl (C=O) groups is 2. The molecule has 5 heteroatoms. The van der Waals surface area contributed by atoms with Crippen LogP contribution in [0.5, 0.6) is 5.75 Å². The molecule has 0 aliphatic carbocycles. The Labute approximate surface area is 103 Å². The minimum absolute atomic E-state index is 0.0391. The molecule has 0 fully saturated rings. The summed E-state index contributed by atoms with van der Waals surface area (Å²) in [7, 11) is 0. The normalized spacial score (nSPS) is 9.24. The van der Waals surface area contributed by atoms with Crippen molar-refractivity contribution in [1.82, 2.24) is 0 Å². The van der Waals surface area contributed by atoms with Crippen molar-refractivity contribution < 1.29 is 19.8 Å². The molecular weight excluding hydrogens is 240 g/mol. The quantitative estimate of drug-likeness (QED) is 0.782. The SMILES string of the molecule is CC(=O)SCC#Cc1cc(C(=O)O)ccc1O. The van der Waals surface area contributed by atoms with Gasteiger partial charge in [0.05, 0.1) is 16.9 Å². The van der Waals surface area contributed by atoms with Crippen LogP contribution < -0.4 is 0 Å². The van der Waals surface area contributed by atoms with E-state index in [0.717, 1.165) is 11.8 Å². The van der Waals surface area contributed by atoms with Gasteiger partial charge >= 0.3 is 5.97 Å². The van der Waals surface area contributed by atoms with Crippen LogP contribution in [0, 0.1) is 11.8 Å². The fourth-order valence-electron chi connectivity index (χ4n) is 1.04. The number of phenols is 1. The molecule has 0 spiro atoms. The van der Waals surface area contributed by atoms with Crippen molar-refractivity contribution in [3.05, 3.63) is 29.3 Å². The van der Waals surface area contributed by atoms with E-state index in [1.807, 2.05) is 0 Å². The maximum atomic E-state index is 10.7. The lowest BCUT2D eigenvalue weighted by molar-refractivity contribution is -0.109. The predicted octanol–water partition coefficient (Wildman–Crippen LogP) is 1.72. The topological polar surface area (TPSA) is 74.6 Å². The Kier molecular flexibility index (Phi) is 4.61. The lowest BCUT2D eigenvalue weighted by Crippen LogP contribution is -1.96. The number of carboxylic acid groups (broad SMARTS) is 1. The van der Waals surface area contributed by atoms with Gasteiger partial charge in [0.25, 0.3) is 0 Å². The fraction of sp³-hybridized carbons (Fsp3) is 0.167. The molecule has 0 aliphatic rings. The number of carbonyl (C=O) groups excluding carboxylic acids is 1. The summed E-state index contributed by atoms with van der Waals surface area (Å²) in [6.45, 7) is 1.44. The number of benzene rings is 1. The zero-order chi connectivity index (χ0) is 12.8. The molecule has 88 valence electrons. The van der Waals surface area contributed by atoms with Gasteiger partial charge in [-0.2, -0.15) is 0 Å². The molecule has 0 saturated carbocycles. The highest BCUT2D eigenvalue weighted by molar-refractivity contribution is 8.13. The van der Waals surface area contributed by atoms with Crippen LogP contribution in [-0.2, 0) is 4.79 Å². The maximum Gasteiger partial charge on any atom is 0.335 e. The van der Waals surface area contributed by atoms with Gasteiger partial charge in [0.2, 0.25) is 0 Å². The standard InChI is InChI=1S/C12H10O4S/c1-8(13)17-6-2-3-9-7-10(12(15)16)4-5-11(9)14/h4-5,7,14H,6H2,1H3,(H,15,16). The van der Waals surface area contributed by atoms with Crippen molar-refractivity contribution in [2.24, 2.45) is 0 Å². The average Bonchev–Trinajstić information content (AvgIpc) is 2.25. The highest BCUT2D eigenvalue weighted by atomic mass is 32.2. The molecule has 1 aromatic carbocycles. The van der Waals surface area contributed by atoms with Gasteiger partial charge in [0.15, 0.2) is 5.12 Å². The molecule has 0 amide bonds. The summed E-state index contributed by atoms with van der Waals surface area (Å²) in [4.78, 5) is 21.3. The summed E-state index contributed by atoms with van der Waals surface area (Å²) < 4.78 is 0. The number of thioether (sulfide) groups is 1. The molecule has 1 rings (SSSR count). The number of carboxylic acids is 1. The lowest BCUT2D eigenvalue weighted by atomic mass is 10.1. The van der Waals surface area contributed by atoms with E-state index < -0.39 is 5.97 Å². The van der Waals surface area contributed by atoms with E-state index in [0.29, 0.717) is 5.75 Å². The Bertz CT molecular complexity index is 511. The van der Waals surface area contributed by atoms with Gasteiger partial charge < -0.3 is 10.2 Å². The van der Waals surface area contributed by atoms with Gasteiger partial charge in [-0.25, -0.2) is 4.79 Å². The number of aromatic hydroxyl groups is 1. The molecule has 0 aliphatic heterocycles. The number of rotatable bonds is 2. The van der Waals surface area contributed by atoms with Crippen molar-refractivity contribution in [3.63, 3.8) is 0 Å². The largest absolute Gasteiger partial charge is 0.507 e. The Balaban J connectivity index is 2.86. The Morgan fingerprint density at radius 3 is 2.71 bits per heavy atom. The molecule has 0 atom stereocenters. The zero-order valence-electron chi connectivity index (χ0n) is 9.06. The zero-order valence-corrected chi connectivity index (χ0v) is 9.87. The molecule has 0 heterocycles. The van der Waals surface area contributed by atoms with Crippen LogP contribution >= 0.6 is 11.8 Å². The third-order valence-electron chi connectivity index (χ3n) is 1.81. The van der Waals surface area contributed by atoms with Gasteiger partial charge in [0, 0.05) is 6.92 Å². The highest BCUT2D eigenvalue weighted by Crippen LogP contribution is 2.17. The smallest absolute Gasteiger partial charge is 0.335 e. The number of hydrogen-bond donors (Lipinski definition) is 2. The minimum Gasteiger partial charge on any atom is -0.507 e. The fourth-order valence-corrected chi connectivity index (χ4v) is 1.39. The summed E-state index contributed by atoms with van der Waals surface area (Å²) in [6, 6.07) is 3.88. The third kappa shape index (κ3) is 4.21. The van der Waals surface area contributed by atoms with Gasteiger partial charge in [-0.05, 0) is 18.2 Å². The van der Waals surface area contributed by atoms with Crippen LogP contribution in [-0.4, -0.2) is 27.1 Å². The van der Waals surface area contributed by atoms with E-state index in [2.05, 4.69) is 11.8 Å². The lowest BCUT2D eigenvalue weighted by Gasteiger charge is -1.98.